The molecule has 0 aliphatic carbocycles. The predicted octanol–water partition coefficient (Wildman–Crippen LogP) is 5.26. The fourth-order valence-electron chi connectivity index (χ4n) is 18.0. The zero-order valence-corrected chi connectivity index (χ0v) is 14.3. The number of hydrogen-bond acceptors (Lipinski definition) is 2. The number of fused-ring (bicyclic) bond motifs is 10. The first-order valence-corrected chi connectivity index (χ1v) is 16.2. The second-order valence-corrected chi connectivity index (χ2v) is 36.9. The third-order valence-electron chi connectivity index (χ3n) is 16.5. The van der Waals surface area contributed by atoms with Gasteiger partial charge >= 0.3 is 124 Å². The molecule has 0 saturated carbocycles. The number of thioether (sulfide) groups is 1. The number of carbonyl (C=O) groups is 1. The Hall–Kier alpha value is -0.241. The van der Waals surface area contributed by atoms with E-state index in [2.05, 4.69) is 24.3 Å². The molecule has 0 bridgehead atoms. The molecular weight excluding hydrogens is 332 g/mol. The number of benzene rings is 1. The summed E-state index contributed by atoms with van der Waals surface area (Å²) < 4.78 is 0.894. The summed E-state index contributed by atoms with van der Waals surface area (Å²) in [6.45, 7) is -1.28. The quantitative estimate of drug-likeness (QED) is 0.692. The van der Waals surface area contributed by atoms with E-state index in [-0.39, 0.29) is 5.12 Å². The van der Waals surface area contributed by atoms with E-state index in [1.54, 1.807) is 6.92 Å². The molecule has 4 unspecified atom stereocenters. The molecule has 0 N–H and O–H groups in total. The molecule has 10 aliphatic heterocycles. The van der Waals surface area contributed by atoms with E-state index in [1.807, 2.05) is 5.56 Å². The summed E-state index contributed by atoms with van der Waals surface area (Å²) in [6, 6.07) is 9.77. The molecule has 1 aromatic rings. The zero-order valence-electron chi connectivity index (χ0n) is 12.4. The third kappa shape index (κ3) is 0.127. The van der Waals surface area contributed by atoms with Crippen molar-refractivity contribution < 1.29 is 11.3 Å². The Morgan fingerprint density at radius 1 is 1.00 bits per heavy atom. The Kier molecular flexibility index (Phi) is 0.398. The molecular formula is C19H18FeOS. The van der Waals surface area contributed by atoms with Crippen molar-refractivity contribution in [1.82, 2.24) is 0 Å². The first-order valence-electron chi connectivity index (χ1n) is 8.88. The van der Waals surface area contributed by atoms with Gasteiger partial charge in [-0.25, -0.2) is 0 Å². The molecule has 3 heteroatoms. The van der Waals surface area contributed by atoms with Crippen molar-refractivity contribution in [3.8, 4) is 0 Å². The summed E-state index contributed by atoms with van der Waals surface area (Å²) in [5.41, 5.74) is 3.16. The maximum absolute atomic E-state index is 11.2. The van der Waals surface area contributed by atoms with Crippen LogP contribution in [0.3, 0.4) is 0 Å². The molecule has 0 amide bonds. The second kappa shape index (κ2) is 0.942. The van der Waals surface area contributed by atoms with Gasteiger partial charge in [-0.1, -0.05) is 0 Å². The summed E-state index contributed by atoms with van der Waals surface area (Å²) in [5.74, 6) is 0.858. The molecule has 11 rings (SSSR count). The summed E-state index contributed by atoms with van der Waals surface area (Å²) in [7, 11) is 0. The third-order valence-corrected chi connectivity index (χ3v) is 59.8. The molecule has 10 saturated heterocycles. The Bertz CT molecular complexity index is 1200. The predicted molar refractivity (Wildman–Crippen MR) is 83.8 cm³/mol. The second-order valence-electron chi connectivity index (χ2n) is 12.2. The SMILES string of the molecule is CC(=O)SCc1ccc([C]23[CH]4[CH]5[CH]6[CH]2[Fe]56432789[CH]3[CH]2[CH]7[CH]8[CH]39)cc1. The van der Waals surface area contributed by atoms with Gasteiger partial charge in [0, 0.05) is 0 Å². The van der Waals surface area contributed by atoms with Crippen LogP contribution in [0.15, 0.2) is 24.3 Å². The van der Waals surface area contributed by atoms with Gasteiger partial charge in [-0.3, -0.25) is 0 Å². The molecule has 1 nitrogen and oxygen atoms in total. The van der Waals surface area contributed by atoms with E-state index in [0.29, 0.717) is 0 Å². The average molecular weight is 350 g/mol. The van der Waals surface area contributed by atoms with Gasteiger partial charge in [-0.2, -0.15) is 0 Å². The molecule has 0 radical (unpaired) electrons. The van der Waals surface area contributed by atoms with Crippen LogP contribution < -0.4 is 0 Å². The van der Waals surface area contributed by atoms with Crippen LogP contribution in [0.1, 0.15) is 18.1 Å². The molecule has 114 valence electrons. The van der Waals surface area contributed by atoms with Gasteiger partial charge in [-0.15, -0.1) is 0 Å². The normalized spacial score (nSPS) is 94.5. The van der Waals surface area contributed by atoms with E-state index in [9.17, 15) is 4.79 Å². The van der Waals surface area contributed by atoms with E-state index >= 15 is 0 Å². The van der Waals surface area contributed by atoms with Crippen LogP contribution in [0.5, 0.6) is 0 Å². The van der Waals surface area contributed by atoms with Crippen molar-refractivity contribution in [3.05, 3.63) is 35.4 Å². The van der Waals surface area contributed by atoms with Gasteiger partial charge < -0.3 is 0 Å². The first-order chi connectivity index (χ1) is 10.4. The molecule has 22 heavy (non-hydrogen) atoms. The van der Waals surface area contributed by atoms with Crippen LogP contribution in [-0.4, -0.2) is 5.12 Å². The van der Waals surface area contributed by atoms with Crippen LogP contribution in [0.2, 0.25) is 43.3 Å². The topological polar surface area (TPSA) is 17.1 Å². The molecule has 4 atom stereocenters. The Morgan fingerprint density at radius 3 is 1.91 bits per heavy atom. The molecule has 10 fully saturated rings. The van der Waals surface area contributed by atoms with Crippen molar-refractivity contribution in [1.29, 1.82) is 0 Å². The molecule has 1 spiro atoms. The zero-order chi connectivity index (χ0) is 14.0. The van der Waals surface area contributed by atoms with Gasteiger partial charge in [0.15, 0.2) is 0 Å². The average Bonchev–Trinajstić information content (AvgIpc) is 3.46. The van der Waals surface area contributed by atoms with Crippen molar-refractivity contribution in [2.75, 3.05) is 0 Å². The summed E-state index contributed by atoms with van der Waals surface area (Å²) in [6.07, 6.45) is 0. The minimum absolute atomic E-state index is 0.237. The van der Waals surface area contributed by atoms with E-state index < -0.39 is 6.51 Å². The number of hydrogen-bond donors (Lipinski definition) is 0. The maximum atomic E-state index is 11.2. The van der Waals surface area contributed by atoms with E-state index in [1.165, 1.54) is 60.7 Å². The van der Waals surface area contributed by atoms with Gasteiger partial charge in [0.25, 0.3) is 0 Å². The van der Waals surface area contributed by atoms with Gasteiger partial charge in [0.2, 0.25) is 0 Å². The monoisotopic (exact) mass is 350 g/mol. The summed E-state index contributed by atoms with van der Waals surface area (Å²) in [5, 5.41) is 0.237. The van der Waals surface area contributed by atoms with Crippen LogP contribution >= 0.6 is 11.8 Å². The Labute approximate surface area is 123 Å². The molecule has 10 aliphatic rings. The fraction of sp³-hybridized carbons (Fsp3) is 0.632. The molecule has 1 aromatic carbocycles. The summed E-state index contributed by atoms with van der Waals surface area (Å²) >= 11 is 1.45. The van der Waals surface area contributed by atoms with E-state index in [0.717, 1.165) is 10.1 Å². The van der Waals surface area contributed by atoms with Gasteiger partial charge in [0.1, 0.15) is 0 Å². The molecule has 10 heterocycles. The van der Waals surface area contributed by atoms with Crippen LogP contribution in [0.25, 0.3) is 0 Å². The Morgan fingerprint density at radius 2 is 1.55 bits per heavy atom. The molecule has 0 aromatic heterocycles. The van der Waals surface area contributed by atoms with Gasteiger partial charge in [-0.05, 0) is 0 Å². The standard InChI is InChI=1S/C14H13OS.C5H5.Fe/c1-11(15)16-10-12-6-8-14(9-7-12)13-4-2-3-5-13;1-2-4-5-3-1;/h2-9H,10H2,1H3;1-5H;. The van der Waals surface area contributed by atoms with Crippen LogP contribution in [0, 0.1) is 0 Å². The summed E-state index contributed by atoms with van der Waals surface area (Å²) in [4.78, 5) is 23.8. The van der Waals surface area contributed by atoms with Crippen LogP contribution in [0.4, 0.5) is 0 Å². The minimum atomic E-state index is -2.95. The van der Waals surface area contributed by atoms with E-state index in [4.69, 9.17) is 0 Å². The van der Waals surface area contributed by atoms with Gasteiger partial charge in [0.05, 0.1) is 0 Å². The van der Waals surface area contributed by atoms with Crippen molar-refractivity contribution in [2.24, 2.45) is 0 Å². The number of carbonyl (C=O) groups excluding carboxylic acids is 1. The van der Waals surface area contributed by atoms with Crippen molar-refractivity contribution >= 4 is 16.9 Å². The van der Waals surface area contributed by atoms with Crippen molar-refractivity contribution in [3.63, 3.8) is 0 Å². The first kappa shape index (κ1) is 9.30. The Balaban J connectivity index is 1.19. The van der Waals surface area contributed by atoms with Crippen LogP contribution in [-0.2, 0) is 21.4 Å². The fourth-order valence-corrected chi connectivity index (χ4v) is 92.8. The van der Waals surface area contributed by atoms with Crippen molar-refractivity contribution in [2.45, 2.75) is 60.3 Å². The number of rotatable bonds is 3.